The van der Waals surface area contributed by atoms with Crippen molar-refractivity contribution in [1.29, 1.82) is 0 Å². The molecule has 2 aromatic carbocycles. The van der Waals surface area contributed by atoms with Crippen LogP contribution in [0.25, 0.3) is 5.57 Å². The SMILES string of the molecule is CCC(=CC=CC(O)(CC)CC)c1cc(OC)cc(OCc2ccc(CO)c(CO)c2)c1. The summed E-state index contributed by atoms with van der Waals surface area (Å²) in [7, 11) is 1.63. The third-order valence-electron chi connectivity index (χ3n) is 5.81. The number of benzene rings is 2. The molecule has 2 rings (SSSR count). The van der Waals surface area contributed by atoms with Crippen molar-refractivity contribution in [2.45, 2.75) is 65.5 Å². The van der Waals surface area contributed by atoms with Crippen LogP contribution in [0.3, 0.4) is 0 Å². The molecule has 0 fully saturated rings. The van der Waals surface area contributed by atoms with Gasteiger partial charge in [-0.15, -0.1) is 0 Å². The molecule has 0 amide bonds. The number of methoxy groups -OCH3 is 1. The van der Waals surface area contributed by atoms with Gasteiger partial charge in [-0.3, -0.25) is 0 Å². The average Bonchev–Trinajstić information content (AvgIpc) is 2.84. The van der Waals surface area contributed by atoms with Crippen LogP contribution in [-0.2, 0) is 19.8 Å². The summed E-state index contributed by atoms with van der Waals surface area (Å²) in [6.45, 7) is 6.14. The Bertz CT molecular complexity index is 926. The molecule has 0 unspecified atom stereocenters. The number of allylic oxidation sites excluding steroid dienone is 3. The van der Waals surface area contributed by atoms with Gasteiger partial charge in [-0.2, -0.15) is 0 Å². The second-order valence-electron chi connectivity index (χ2n) is 7.82. The van der Waals surface area contributed by atoms with Gasteiger partial charge in [-0.1, -0.05) is 51.1 Å². The van der Waals surface area contributed by atoms with E-state index in [4.69, 9.17) is 9.47 Å². The molecule has 0 bridgehead atoms. The zero-order chi connectivity index (χ0) is 23.6. The molecule has 5 nitrogen and oxygen atoms in total. The number of aliphatic hydroxyl groups is 3. The van der Waals surface area contributed by atoms with E-state index in [1.807, 2.05) is 62.4 Å². The van der Waals surface area contributed by atoms with Gasteiger partial charge in [0, 0.05) is 6.07 Å². The maximum Gasteiger partial charge on any atom is 0.124 e. The van der Waals surface area contributed by atoms with Gasteiger partial charge in [0.25, 0.3) is 0 Å². The Kier molecular flexibility index (Phi) is 9.97. The van der Waals surface area contributed by atoms with Crippen LogP contribution >= 0.6 is 0 Å². The number of hydrogen-bond donors (Lipinski definition) is 3. The quantitative estimate of drug-likeness (QED) is 0.397. The fourth-order valence-electron chi connectivity index (χ4n) is 3.44. The number of hydrogen-bond acceptors (Lipinski definition) is 5. The van der Waals surface area contributed by atoms with Gasteiger partial charge in [0.15, 0.2) is 0 Å². The van der Waals surface area contributed by atoms with Crippen LogP contribution in [-0.4, -0.2) is 28.0 Å². The molecule has 0 aliphatic carbocycles. The maximum absolute atomic E-state index is 10.5. The highest BCUT2D eigenvalue weighted by atomic mass is 16.5. The van der Waals surface area contributed by atoms with Crippen molar-refractivity contribution < 1.29 is 24.8 Å². The third kappa shape index (κ3) is 6.95. The van der Waals surface area contributed by atoms with E-state index < -0.39 is 5.60 Å². The Morgan fingerprint density at radius 3 is 2.22 bits per heavy atom. The highest BCUT2D eigenvalue weighted by molar-refractivity contribution is 5.69. The second kappa shape index (κ2) is 12.4. The van der Waals surface area contributed by atoms with Crippen molar-refractivity contribution in [2.75, 3.05) is 7.11 Å². The predicted molar refractivity (Wildman–Crippen MR) is 129 cm³/mol. The van der Waals surface area contributed by atoms with Crippen molar-refractivity contribution in [2.24, 2.45) is 0 Å². The van der Waals surface area contributed by atoms with Gasteiger partial charge >= 0.3 is 0 Å². The van der Waals surface area contributed by atoms with Crippen LogP contribution in [0, 0.1) is 0 Å². The first-order valence-electron chi connectivity index (χ1n) is 11.2. The summed E-state index contributed by atoms with van der Waals surface area (Å²) < 4.78 is 11.5. The van der Waals surface area contributed by atoms with E-state index in [9.17, 15) is 15.3 Å². The summed E-state index contributed by atoms with van der Waals surface area (Å²) in [4.78, 5) is 0. The molecule has 0 aliphatic heterocycles. The van der Waals surface area contributed by atoms with Crippen molar-refractivity contribution in [1.82, 2.24) is 0 Å². The third-order valence-corrected chi connectivity index (χ3v) is 5.81. The maximum atomic E-state index is 10.5. The first kappa shape index (κ1) is 25.7. The van der Waals surface area contributed by atoms with Crippen LogP contribution < -0.4 is 9.47 Å². The second-order valence-corrected chi connectivity index (χ2v) is 7.82. The minimum atomic E-state index is -0.781. The zero-order valence-electron chi connectivity index (χ0n) is 19.6. The Labute approximate surface area is 191 Å². The molecule has 32 heavy (non-hydrogen) atoms. The molecule has 5 heteroatoms. The lowest BCUT2D eigenvalue weighted by Gasteiger charge is -2.20. The fraction of sp³-hybridized carbons (Fsp3) is 0.407. The highest BCUT2D eigenvalue weighted by Crippen LogP contribution is 2.30. The lowest BCUT2D eigenvalue weighted by molar-refractivity contribution is 0.0828. The molecule has 0 radical (unpaired) electrons. The summed E-state index contributed by atoms with van der Waals surface area (Å²) >= 11 is 0. The molecule has 0 saturated carbocycles. The topological polar surface area (TPSA) is 79.2 Å². The van der Waals surface area contributed by atoms with Crippen molar-refractivity contribution in [3.63, 3.8) is 0 Å². The van der Waals surface area contributed by atoms with E-state index in [2.05, 4.69) is 6.92 Å². The molecule has 174 valence electrons. The summed E-state index contributed by atoms with van der Waals surface area (Å²) in [6, 6.07) is 11.3. The normalized spacial score (nSPS) is 12.4. The minimum Gasteiger partial charge on any atom is -0.497 e. The first-order chi connectivity index (χ1) is 15.4. The Balaban J connectivity index is 2.26. The van der Waals surface area contributed by atoms with Crippen LogP contribution in [0.1, 0.15) is 62.3 Å². The molecule has 3 N–H and O–H groups in total. The van der Waals surface area contributed by atoms with Gasteiger partial charge in [-0.25, -0.2) is 0 Å². The monoisotopic (exact) mass is 440 g/mol. The lowest BCUT2D eigenvalue weighted by Crippen LogP contribution is -2.22. The van der Waals surface area contributed by atoms with E-state index in [-0.39, 0.29) is 13.2 Å². The fourth-order valence-corrected chi connectivity index (χ4v) is 3.44. The Morgan fingerprint density at radius 2 is 1.62 bits per heavy atom. The molecule has 0 saturated heterocycles. The van der Waals surface area contributed by atoms with Gasteiger partial charge in [-0.05, 0) is 65.3 Å². The smallest absolute Gasteiger partial charge is 0.124 e. The zero-order valence-corrected chi connectivity index (χ0v) is 19.6. The standard InChI is InChI=1S/C27H36O5/c1-5-21(9-8-12-27(30,6-2)7-3)23-14-25(31-4)16-26(15-23)32-19-20-10-11-22(17-28)24(13-20)18-29/h8-16,28-30H,5-7,17-19H2,1-4H3. The van der Waals surface area contributed by atoms with Gasteiger partial charge in [0.1, 0.15) is 18.1 Å². The largest absolute Gasteiger partial charge is 0.497 e. The molecule has 2 aromatic rings. The van der Waals surface area contributed by atoms with Crippen molar-refractivity contribution >= 4 is 5.57 Å². The molecule has 0 aromatic heterocycles. The summed E-state index contributed by atoms with van der Waals surface area (Å²) in [5.41, 5.74) is 3.63. The molecule has 0 aliphatic rings. The molecular weight excluding hydrogens is 404 g/mol. The number of aliphatic hydroxyl groups excluding tert-OH is 2. The van der Waals surface area contributed by atoms with E-state index in [1.165, 1.54) is 0 Å². The molecule has 0 spiro atoms. The van der Waals surface area contributed by atoms with Gasteiger partial charge in [0.05, 0.1) is 25.9 Å². The van der Waals surface area contributed by atoms with E-state index in [1.54, 1.807) is 13.2 Å². The summed E-state index contributed by atoms with van der Waals surface area (Å²) in [6.07, 6.45) is 7.96. The molecular formula is C27H36O5. The van der Waals surface area contributed by atoms with E-state index >= 15 is 0 Å². The van der Waals surface area contributed by atoms with Crippen molar-refractivity contribution in [3.8, 4) is 11.5 Å². The van der Waals surface area contributed by atoms with Gasteiger partial charge < -0.3 is 24.8 Å². The van der Waals surface area contributed by atoms with E-state index in [0.29, 0.717) is 42.1 Å². The van der Waals surface area contributed by atoms with Crippen LogP contribution in [0.5, 0.6) is 11.5 Å². The molecule has 0 atom stereocenters. The predicted octanol–water partition coefficient (Wildman–Crippen LogP) is 5.16. The number of rotatable bonds is 12. The first-order valence-corrected chi connectivity index (χ1v) is 11.2. The molecule has 0 heterocycles. The van der Waals surface area contributed by atoms with Crippen LogP contribution in [0.4, 0.5) is 0 Å². The van der Waals surface area contributed by atoms with Gasteiger partial charge in [0.2, 0.25) is 0 Å². The van der Waals surface area contributed by atoms with Crippen molar-refractivity contribution in [3.05, 3.63) is 76.9 Å². The lowest BCUT2D eigenvalue weighted by atomic mass is 9.96. The number of ether oxygens (including phenoxy) is 2. The van der Waals surface area contributed by atoms with Crippen LogP contribution in [0.15, 0.2) is 54.6 Å². The van der Waals surface area contributed by atoms with E-state index in [0.717, 1.165) is 23.1 Å². The minimum absolute atomic E-state index is 0.106. The Hall–Kier alpha value is -2.60. The Morgan fingerprint density at radius 1 is 0.938 bits per heavy atom. The highest BCUT2D eigenvalue weighted by Gasteiger charge is 2.17. The van der Waals surface area contributed by atoms with Crippen LogP contribution in [0.2, 0.25) is 0 Å². The average molecular weight is 441 g/mol. The summed E-state index contributed by atoms with van der Waals surface area (Å²) in [5.74, 6) is 1.38. The summed E-state index contributed by atoms with van der Waals surface area (Å²) in [5, 5.41) is 29.3.